The van der Waals surface area contributed by atoms with Gasteiger partial charge in [-0.15, -0.1) is 0 Å². The summed E-state index contributed by atoms with van der Waals surface area (Å²) in [6.07, 6.45) is 5.07. The quantitative estimate of drug-likeness (QED) is 0.851. The number of aromatic amines is 1. The topological polar surface area (TPSA) is 88.2 Å². The third kappa shape index (κ3) is 2.46. The number of fused-ring (bicyclic) bond motifs is 1. The van der Waals surface area contributed by atoms with Crippen LogP contribution in [0.2, 0.25) is 0 Å². The fourth-order valence-corrected chi connectivity index (χ4v) is 2.43. The van der Waals surface area contributed by atoms with E-state index in [1.54, 1.807) is 6.92 Å². The molecule has 0 amide bonds. The summed E-state index contributed by atoms with van der Waals surface area (Å²) in [6.45, 7) is 3.77. The number of anilines is 1. The second-order valence-corrected chi connectivity index (χ2v) is 4.88. The van der Waals surface area contributed by atoms with Gasteiger partial charge in [0.1, 0.15) is 11.2 Å². The Morgan fingerprint density at radius 1 is 1.43 bits per heavy atom. The molecule has 110 valence electrons. The van der Waals surface area contributed by atoms with Crippen molar-refractivity contribution < 1.29 is 9.53 Å². The molecule has 0 bridgehead atoms. The Morgan fingerprint density at radius 3 is 2.90 bits per heavy atom. The molecule has 3 heterocycles. The van der Waals surface area contributed by atoms with Gasteiger partial charge in [-0.25, -0.2) is 9.78 Å². The van der Waals surface area contributed by atoms with Crippen LogP contribution in [0.25, 0.3) is 11.0 Å². The zero-order chi connectivity index (χ0) is 14.8. The monoisotopic (exact) mass is 288 g/mol. The maximum absolute atomic E-state index is 12.3. The first-order valence-corrected chi connectivity index (χ1v) is 7.01. The normalized spacial score (nSPS) is 14.6. The number of H-pyrrole nitrogens is 1. The zero-order valence-corrected chi connectivity index (χ0v) is 11.8. The lowest BCUT2D eigenvalue weighted by molar-refractivity contribution is 0.0524. The molecule has 0 spiro atoms. The molecule has 7 heteroatoms. The molecule has 1 N–H and O–H groups in total. The van der Waals surface area contributed by atoms with Crippen LogP contribution in [0.4, 0.5) is 5.95 Å². The van der Waals surface area contributed by atoms with E-state index in [1.807, 2.05) is 0 Å². The van der Waals surface area contributed by atoms with E-state index in [-0.39, 0.29) is 12.2 Å². The Bertz CT molecular complexity index is 735. The Labute approximate surface area is 121 Å². The summed E-state index contributed by atoms with van der Waals surface area (Å²) in [5.41, 5.74) is 0.00185. The molecule has 0 aliphatic carbocycles. The van der Waals surface area contributed by atoms with Gasteiger partial charge in [0.15, 0.2) is 0 Å². The number of rotatable bonds is 3. The van der Waals surface area contributed by atoms with Crippen LogP contribution in [0.1, 0.15) is 30.1 Å². The van der Waals surface area contributed by atoms with Gasteiger partial charge >= 0.3 is 5.97 Å². The number of nitrogens with one attached hydrogen (secondary N) is 1. The first-order chi connectivity index (χ1) is 10.2. The molecule has 0 unspecified atom stereocenters. The van der Waals surface area contributed by atoms with Gasteiger partial charge in [0.25, 0.3) is 0 Å². The fraction of sp³-hybridized carbons (Fsp3) is 0.429. The lowest BCUT2D eigenvalue weighted by Gasteiger charge is -2.14. The minimum absolute atomic E-state index is 0.0260. The largest absolute Gasteiger partial charge is 0.462 e. The van der Waals surface area contributed by atoms with Crippen LogP contribution >= 0.6 is 0 Å². The Balaban J connectivity index is 2.03. The highest BCUT2D eigenvalue weighted by atomic mass is 16.5. The van der Waals surface area contributed by atoms with Crippen LogP contribution < -0.4 is 10.3 Å². The summed E-state index contributed by atoms with van der Waals surface area (Å²) in [6, 6.07) is 0. The average Bonchev–Trinajstić information content (AvgIpc) is 3.01. The molecule has 0 radical (unpaired) electrons. The van der Waals surface area contributed by atoms with Gasteiger partial charge in [0.2, 0.25) is 11.4 Å². The van der Waals surface area contributed by atoms with Crippen LogP contribution in [0.15, 0.2) is 17.2 Å². The molecule has 2 aromatic rings. The van der Waals surface area contributed by atoms with Gasteiger partial charge in [-0.05, 0) is 19.8 Å². The van der Waals surface area contributed by atoms with Crippen LogP contribution in [-0.2, 0) is 4.74 Å². The van der Waals surface area contributed by atoms with Crippen molar-refractivity contribution in [1.82, 2.24) is 15.0 Å². The first-order valence-electron chi connectivity index (χ1n) is 7.01. The number of hydrogen-bond acceptors (Lipinski definition) is 6. The highest BCUT2D eigenvalue weighted by Gasteiger charge is 2.18. The van der Waals surface area contributed by atoms with E-state index in [1.165, 1.54) is 12.4 Å². The Morgan fingerprint density at radius 2 is 2.19 bits per heavy atom. The van der Waals surface area contributed by atoms with Crippen molar-refractivity contribution in [2.24, 2.45) is 0 Å². The standard InChI is InChI=1S/C14H16N4O3/c1-2-21-13(20)10-8-15-12-9(11(10)19)7-16-14(17-12)18-5-3-4-6-18/h7-8H,2-6H2,1H3,(H,15,16,17,19). The number of carbonyl (C=O) groups excluding carboxylic acids is 1. The summed E-state index contributed by atoms with van der Waals surface area (Å²) >= 11 is 0. The van der Waals surface area contributed by atoms with Crippen molar-refractivity contribution in [2.75, 3.05) is 24.6 Å². The summed E-state index contributed by atoms with van der Waals surface area (Å²) in [5.74, 6) is -0.0243. The molecular weight excluding hydrogens is 272 g/mol. The molecule has 1 aliphatic heterocycles. The van der Waals surface area contributed by atoms with E-state index < -0.39 is 11.4 Å². The van der Waals surface area contributed by atoms with Gasteiger partial charge in [-0.2, -0.15) is 4.98 Å². The second-order valence-electron chi connectivity index (χ2n) is 4.88. The number of esters is 1. The molecule has 0 aromatic carbocycles. The first kappa shape index (κ1) is 13.5. The van der Waals surface area contributed by atoms with Gasteiger partial charge in [-0.1, -0.05) is 0 Å². The maximum atomic E-state index is 12.3. The molecule has 0 saturated carbocycles. The second kappa shape index (κ2) is 5.51. The Kier molecular flexibility index (Phi) is 3.55. The molecule has 1 aliphatic rings. The van der Waals surface area contributed by atoms with Crippen molar-refractivity contribution in [3.8, 4) is 0 Å². The number of pyridine rings is 1. The third-order valence-electron chi connectivity index (χ3n) is 3.50. The summed E-state index contributed by atoms with van der Waals surface area (Å²) < 4.78 is 4.85. The van der Waals surface area contributed by atoms with E-state index in [2.05, 4.69) is 19.9 Å². The molecule has 1 saturated heterocycles. The predicted molar refractivity (Wildman–Crippen MR) is 77.6 cm³/mol. The van der Waals surface area contributed by atoms with Crippen molar-refractivity contribution in [3.05, 3.63) is 28.2 Å². The van der Waals surface area contributed by atoms with Crippen LogP contribution in [0.5, 0.6) is 0 Å². The summed E-state index contributed by atoms with van der Waals surface area (Å²) in [7, 11) is 0. The smallest absolute Gasteiger partial charge is 0.343 e. The van der Waals surface area contributed by atoms with Crippen molar-refractivity contribution in [1.29, 1.82) is 0 Å². The minimum atomic E-state index is -0.635. The molecule has 21 heavy (non-hydrogen) atoms. The molecule has 7 nitrogen and oxygen atoms in total. The molecular formula is C14H16N4O3. The van der Waals surface area contributed by atoms with Crippen LogP contribution in [0, 0.1) is 0 Å². The van der Waals surface area contributed by atoms with Crippen molar-refractivity contribution >= 4 is 23.0 Å². The molecule has 1 fully saturated rings. The maximum Gasteiger partial charge on any atom is 0.343 e. The predicted octanol–water partition coefficient (Wildman–Crippen LogP) is 1.09. The van der Waals surface area contributed by atoms with Gasteiger partial charge < -0.3 is 14.6 Å². The van der Waals surface area contributed by atoms with Crippen LogP contribution in [-0.4, -0.2) is 40.6 Å². The number of carbonyl (C=O) groups is 1. The van der Waals surface area contributed by atoms with E-state index in [9.17, 15) is 9.59 Å². The zero-order valence-electron chi connectivity index (χ0n) is 11.8. The van der Waals surface area contributed by atoms with E-state index in [4.69, 9.17) is 4.74 Å². The van der Waals surface area contributed by atoms with Gasteiger partial charge in [-0.3, -0.25) is 4.79 Å². The highest BCUT2D eigenvalue weighted by Crippen LogP contribution is 2.16. The molecule has 2 aromatic heterocycles. The summed E-state index contributed by atoms with van der Waals surface area (Å²) in [4.78, 5) is 37.5. The highest BCUT2D eigenvalue weighted by molar-refractivity contribution is 5.92. The number of ether oxygens (including phenoxy) is 1. The fourth-order valence-electron chi connectivity index (χ4n) is 2.43. The lowest BCUT2D eigenvalue weighted by Crippen LogP contribution is -2.22. The number of aromatic nitrogens is 3. The summed E-state index contributed by atoms with van der Waals surface area (Å²) in [5, 5.41) is 0.295. The Hall–Kier alpha value is -2.44. The molecule has 0 atom stereocenters. The third-order valence-corrected chi connectivity index (χ3v) is 3.50. The van der Waals surface area contributed by atoms with E-state index in [0.717, 1.165) is 25.9 Å². The van der Waals surface area contributed by atoms with Crippen LogP contribution in [0.3, 0.4) is 0 Å². The van der Waals surface area contributed by atoms with Crippen molar-refractivity contribution in [3.63, 3.8) is 0 Å². The van der Waals surface area contributed by atoms with E-state index in [0.29, 0.717) is 17.0 Å². The SMILES string of the molecule is CCOC(=O)c1c[nH]c2nc(N3CCCC3)ncc2c1=O. The minimum Gasteiger partial charge on any atom is -0.462 e. The lowest BCUT2D eigenvalue weighted by atomic mass is 10.2. The number of hydrogen-bond donors (Lipinski definition) is 1. The van der Waals surface area contributed by atoms with Gasteiger partial charge in [0, 0.05) is 25.5 Å². The molecule has 3 rings (SSSR count). The average molecular weight is 288 g/mol. The number of nitrogens with zero attached hydrogens (tertiary/aromatic N) is 3. The van der Waals surface area contributed by atoms with Crippen molar-refractivity contribution in [2.45, 2.75) is 19.8 Å². The van der Waals surface area contributed by atoms with E-state index >= 15 is 0 Å². The van der Waals surface area contributed by atoms with Gasteiger partial charge in [0.05, 0.1) is 12.0 Å².